The summed E-state index contributed by atoms with van der Waals surface area (Å²) in [6.45, 7) is 8.62. The molecule has 0 aliphatic rings. The molecule has 2 atom stereocenters. The van der Waals surface area contributed by atoms with Crippen molar-refractivity contribution in [2.45, 2.75) is 45.1 Å². The van der Waals surface area contributed by atoms with Gasteiger partial charge in [-0.3, -0.25) is 4.90 Å². The van der Waals surface area contributed by atoms with Crippen molar-refractivity contribution < 1.29 is 4.74 Å². The van der Waals surface area contributed by atoms with E-state index in [-0.39, 0.29) is 17.4 Å². The summed E-state index contributed by atoms with van der Waals surface area (Å²) >= 11 is 0. The Balaban J connectivity index is 3.25. The molecule has 1 aromatic carbocycles. The first-order valence-corrected chi connectivity index (χ1v) is 6.96. The molecule has 0 aliphatic heterocycles. The van der Waals surface area contributed by atoms with Crippen LogP contribution in [0.4, 0.5) is 0 Å². The number of nitriles is 1. The third-order valence-corrected chi connectivity index (χ3v) is 3.72. The topological polar surface area (TPSA) is 36.3 Å². The van der Waals surface area contributed by atoms with E-state index >= 15 is 0 Å². The van der Waals surface area contributed by atoms with Crippen LogP contribution in [0.1, 0.15) is 44.7 Å². The van der Waals surface area contributed by atoms with Crippen LogP contribution in [0.15, 0.2) is 18.2 Å². The third kappa shape index (κ3) is 3.52. The second-order valence-corrected chi connectivity index (χ2v) is 6.54. The molecule has 0 aliphatic carbocycles. The fourth-order valence-electron chi connectivity index (χ4n) is 2.45. The maximum absolute atomic E-state index is 9.34. The van der Waals surface area contributed by atoms with E-state index in [2.05, 4.69) is 45.9 Å². The van der Waals surface area contributed by atoms with Gasteiger partial charge in [-0.05, 0) is 36.7 Å². The molecule has 0 aromatic heterocycles. The molecule has 2 unspecified atom stereocenters. The lowest BCUT2D eigenvalue weighted by molar-refractivity contribution is 0.316. The van der Waals surface area contributed by atoms with Gasteiger partial charge < -0.3 is 4.74 Å². The normalized spacial score (nSPS) is 14.8. The average molecular weight is 274 g/mol. The van der Waals surface area contributed by atoms with Gasteiger partial charge in [-0.2, -0.15) is 5.26 Å². The molecule has 0 saturated heterocycles. The van der Waals surface area contributed by atoms with Gasteiger partial charge in [0, 0.05) is 5.92 Å². The highest BCUT2D eigenvalue weighted by molar-refractivity contribution is 5.43. The molecule has 110 valence electrons. The van der Waals surface area contributed by atoms with Crippen molar-refractivity contribution in [3.05, 3.63) is 29.3 Å². The molecule has 0 bridgehead atoms. The standard InChI is InChI=1S/C17H26N2O/c1-12(15(11-18)19(5)6)13-8-9-16(20-7)14(10-13)17(2,3)4/h8-10,12,15H,1-7H3. The van der Waals surface area contributed by atoms with Crippen LogP contribution in [0.5, 0.6) is 5.75 Å². The van der Waals surface area contributed by atoms with E-state index < -0.39 is 0 Å². The molecule has 1 rings (SSSR count). The number of likely N-dealkylation sites (N-methyl/N-ethyl adjacent to an activating group) is 1. The van der Waals surface area contributed by atoms with Gasteiger partial charge in [-0.15, -0.1) is 0 Å². The summed E-state index contributed by atoms with van der Waals surface area (Å²) < 4.78 is 5.47. The summed E-state index contributed by atoms with van der Waals surface area (Å²) in [4.78, 5) is 1.96. The van der Waals surface area contributed by atoms with E-state index in [0.717, 1.165) is 5.75 Å². The molecular weight excluding hydrogens is 248 g/mol. The summed E-state index contributed by atoms with van der Waals surface area (Å²) in [7, 11) is 5.59. The van der Waals surface area contributed by atoms with E-state index in [0.29, 0.717) is 0 Å². The van der Waals surface area contributed by atoms with E-state index in [1.807, 2.05) is 25.1 Å². The Morgan fingerprint density at radius 3 is 2.25 bits per heavy atom. The summed E-state index contributed by atoms with van der Waals surface area (Å²) in [5.41, 5.74) is 2.37. The van der Waals surface area contributed by atoms with Crippen LogP contribution in [0.25, 0.3) is 0 Å². The summed E-state index contributed by atoms with van der Waals surface area (Å²) in [5, 5.41) is 9.34. The molecule has 0 radical (unpaired) electrons. The zero-order valence-electron chi connectivity index (χ0n) is 13.7. The Hall–Kier alpha value is -1.53. The SMILES string of the molecule is COc1ccc(C(C)C(C#N)N(C)C)cc1C(C)(C)C. The predicted molar refractivity (Wildman–Crippen MR) is 83.2 cm³/mol. The Labute approximate surface area is 123 Å². The Morgan fingerprint density at radius 2 is 1.85 bits per heavy atom. The molecule has 20 heavy (non-hydrogen) atoms. The third-order valence-electron chi connectivity index (χ3n) is 3.72. The van der Waals surface area contributed by atoms with Gasteiger partial charge in [0.25, 0.3) is 0 Å². The van der Waals surface area contributed by atoms with Crippen molar-refractivity contribution in [1.82, 2.24) is 4.90 Å². The highest BCUT2D eigenvalue weighted by atomic mass is 16.5. The van der Waals surface area contributed by atoms with Crippen LogP contribution in [0.2, 0.25) is 0 Å². The maximum Gasteiger partial charge on any atom is 0.122 e. The largest absolute Gasteiger partial charge is 0.496 e. The molecule has 0 fully saturated rings. The Kier molecular flexibility index (Phi) is 5.19. The van der Waals surface area contributed by atoms with Crippen molar-refractivity contribution in [2.75, 3.05) is 21.2 Å². The second-order valence-electron chi connectivity index (χ2n) is 6.54. The van der Waals surface area contributed by atoms with Gasteiger partial charge >= 0.3 is 0 Å². The molecule has 0 heterocycles. The van der Waals surface area contributed by atoms with Crippen LogP contribution in [-0.4, -0.2) is 32.1 Å². The van der Waals surface area contributed by atoms with Gasteiger partial charge in [-0.25, -0.2) is 0 Å². The lowest BCUT2D eigenvalue weighted by Gasteiger charge is -2.27. The van der Waals surface area contributed by atoms with Crippen molar-refractivity contribution in [2.24, 2.45) is 0 Å². The first-order valence-electron chi connectivity index (χ1n) is 6.96. The minimum Gasteiger partial charge on any atom is -0.496 e. The first kappa shape index (κ1) is 16.5. The Bertz CT molecular complexity index is 495. The monoisotopic (exact) mass is 274 g/mol. The predicted octanol–water partition coefficient (Wildman–Crippen LogP) is 3.55. The number of methoxy groups -OCH3 is 1. The fourth-order valence-corrected chi connectivity index (χ4v) is 2.45. The molecule has 3 nitrogen and oxygen atoms in total. The molecule has 0 spiro atoms. The van der Waals surface area contributed by atoms with Gasteiger partial charge in [0.15, 0.2) is 0 Å². The van der Waals surface area contributed by atoms with Crippen LogP contribution in [0.3, 0.4) is 0 Å². The van der Waals surface area contributed by atoms with E-state index in [1.54, 1.807) is 7.11 Å². The number of hydrogen-bond donors (Lipinski definition) is 0. The molecule has 0 saturated carbocycles. The summed E-state index contributed by atoms with van der Waals surface area (Å²) in [6.07, 6.45) is 0. The summed E-state index contributed by atoms with van der Waals surface area (Å²) in [5.74, 6) is 1.06. The van der Waals surface area contributed by atoms with Crippen molar-refractivity contribution in [3.63, 3.8) is 0 Å². The minimum atomic E-state index is -0.129. The fraction of sp³-hybridized carbons (Fsp3) is 0.588. The van der Waals surface area contributed by atoms with Crippen molar-refractivity contribution in [3.8, 4) is 11.8 Å². The minimum absolute atomic E-state index is 0.0152. The number of rotatable bonds is 4. The van der Waals surface area contributed by atoms with Gasteiger partial charge in [0.2, 0.25) is 0 Å². The summed E-state index contributed by atoms with van der Waals surface area (Å²) in [6, 6.07) is 8.50. The maximum atomic E-state index is 9.34. The highest BCUT2D eigenvalue weighted by Gasteiger charge is 2.24. The van der Waals surface area contributed by atoms with Crippen LogP contribution in [-0.2, 0) is 5.41 Å². The number of ether oxygens (including phenoxy) is 1. The average Bonchev–Trinajstić information content (AvgIpc) is 2.37. The Morgan fingerprint density at radius 1 is 1.25 bits per heavy atom. The van der Waals surface area contributed by atoms with Gasteiger partial charge in [0.05, 0.1) is 13.2 Å². The quantitative estimate of drug-likeness (QED) is 0.842. The van der Waals surface area contributed by atoms with Crippen LogP contribution in [0, 0.1) is 11.3 Å². The smallest absolute Gasteiger partial charge is 0.122 e. The molecule has 0 N–H and O–H groups in total. The first-order chi connectivity index (χ1) is 9.22. The van der Waals surface area contributed by atoms with E-state index in [4.69, 9.17) is 4.74 Å². The zero-order valence-corrected chi connectivity index (χ0v) is 13.7. The lowest BCUT2D eigenvalue weighted by atomic mass is 9.83. The molecule has 1 aromatic rings. The van der Waals surface area contributed by atoms with E-state index in [1.165, 1.54) is 11.1 Å². The lowest BCUT2D eigenvalue weighted by Crippen LogP contribution is -2.31. The van der Waals surface area contributed by atoms with Gasteiger partial charge in [-0.1, -0.05) is 39.8 Å². The van der Waals surface area contributed by atoms with E-state index in [9.17, 15) is 5.26 Å². The number of benzene rings is 1. The zero-order chi connectivity index (χ0) is 15.5. The second kappa shape index (κ2) is 6.28. The molecule has 0 amide bonds. The van der Waals surface area contributed by atoms with Crippen LogP contribution < -0.4 is 4.74 Å². The number of nitrogens with zero attached hydrogens (tertiary/aromatic N) is 2. The molecule has 3 heteroatoms. The van der Waals surface area contributed by atoms with Crippen molar-refractivity contribution >= 4 is 0 Å². The van der Waals surface area contributed by atoms with Crippen molar-refractivity contribution in [1.29, 1.82) is 5.26 Å². The number of hydrogen-bond acceptors (Lipinski definition) is 3. The van der Waals surface area contributed by atoms with Gasteiger partial charge in [0.1, 0.15) is 11.8 Å². The van der Waals surface area contributed by atoms with Crippen LogP contribution >= 0.6 is 0 Å². The molecular formula is C17H26N2O. The highest BCUT2D eigenvalue weighted by Crippen LogP contribution is 2.34.